The summed E-state index contributed by atoms with van der Waals surface area (Å²) in [6.45, 7) is 3.94. The van der Waals surface area contributed by atoms with Gasteiger partial charge in [0, 0.05) is 25.7 Å². The Morgan fingerprint density at radius 2 is 1.81 bits per heavy atom. The fraction of sp³-hybridized carbons (Fsp3) is 0.630. The molecule has 6 aliphatic rings. The van der Waals surface area contributed by atoms with Crippen LogP contribution in [0, 0.1) is 0 Å². The van der Waals surface area contributed by atoms with Crippen LogP contribution in [0.5, 0.6) is 0 Å². The lowest BCUT2D eigenvalue weighted by molar-refractivity contribution is -0.292. The van der Waals surface area contributed by atoms with Crippen LogP contribution in [0.15, 0.2) is 41.4 Å². The summed E-state index contributed by atoms with van der Waals surface area (Å²) in [6, 6.07) is 8.96. The predicted octanol–water partition coefficient (Wildman–Crippen LogP) is 3.85. The third-order valence-corrected chi connectivity index (χ3v) is 8.29. The van der Waals surface area contributed by atoms with Crippen molar-refractivity contribution in [2.24, 2.45) is 0 Å². The number of hydrogen-bond donors (Lipinski definition) is 0. The van der Waals surface area contributed by atoms with E-state index < -0.39 is 11.9 Å². The van der Waals surface area contributed by atoms with Crippen LogP contribution in [0.4, 0.5) is 0 Å². The van der Waals surface area contributed by atoms with E-state index >= 15 is 0 Å². The number of halogens is 1. The van der Waals surface area contributed by atoms with Gasteiger partial charge in [-0.2, -0.15) is 0 Å². The lowest BCUT2D eigenvalue weighted by Gasteiger charge is -2.47. The Bertz CT molecular complexity index is 1000. The molecule has 7 rings (SSSR count). The quantitative estimate of drug-likeness (QED) is 0.331. The summed E-state index contributed by atoms with van der Waals surface area (Å²) < 4.78 is 39.0. The molecule has 0 aromatic heterocycles. The number of hydrogen-bond acceptors (Lipinski definition) is 8. The molecule has 10 atom stereocenters. The minimum atomic E-state index is -0.867. The van der Waals surface area contributed by atoms with Gasteiger partial charge in [-0.3, -0.25) is 0 Å². The molecule has 8 nitrogen and oxygen atoms in total. The van der Waals surface area contributed by atoms with Gasteiger partial charge in [0.2, 0.25) is 0 Å². The number of esters is 1. The molecular weight excluding hydrogens is 532 g/mol. The molecule has 194 valence electrons. The Hall–Kier alpha value is -1.62. The summed E-state index contributed by atoms with van der Waals surface area (Å²) in [7, 11) is 0. The average Bonchev–Trinajstić information content (AvgIpc) is 3.28. The van der Waals surface area contributed by atoms with Crippen LogP contribution in [-0.4, -0.2) is 73.0 Å². The third-order valence-electron chi connectivity index (χ3n) is 7.97. The molecule has 1 aromatic rings. The first-order chi connectivity index (χ1) is 17.4. The van der Waals surface area contributed by atoms with E-state index in [2.05, 4.69) is 22.5 Å². The average molecular weight is 563 g/mol. The molecule has 0 spiro atoms. The number of carbonyl (C=O) groups is 2. The predicted molar refractivity (Wildman–Crippen MR) is 131 cm³/mol. The van der Waals surface area contributed by atoms with Crippen LogP contribution in [-0.2, 0) is 33.2 Å². The Morgan fingerprint density at radius 3 is 2.58 bits per heavy atom. The molecule has 6 saturated heterocycles. The largest absolute Gasteiger partial charge is 0.458 e. The molecule has 6 bridgehead atoms. The third kappa shape index (κ3) is 4.59. The van der Waals surface area contributed by atoms with Crippen molar-refractivity contribution >= 4 is 28.2 Å². The molecule has 0 N–H and O–H groups in total. The van der Waals surface area contributed by atoms with E-state index in [9.17, 15) is 9.59 Å². The van der Waals surface area contributed by atoms with E-state index in [-0.39, 0.29) is 54.8 Å². The lowest BCUT2D eigenvalue weighted by atomic mass is 9.87. The van der Waals surface area contributed by atoms with Crippen LogP contribution in [0.3, 0.4) is 0 Å². The SMILES string of the molecule is C=C(Br)C[C@H](CC[C@@]12C[C@H]3O[C@H]4[C@@H](O1)[C@H]1O[C@@H](CC=O)CC[C@@H]1O[C@H]4[C@H]3O2)OC(=O)c1ccccc1. The molecule has 0 radical (unpaired) electrons. The van der Waals surface area contributed by atoms with Gasteiger partial charge in [0.1, 0.15) is 42.9 Å². The van der Waals surface area contributed by atoms with Gasteiger partial charge in [-0.25, -0.2) is 4.79 Å². The van der Waals surface area contributed by atoms with Gasteiger partial charge in [0.15, 0.2) is 5.79 Å². The first-order valence-corrected chi connectivity index (χ1v) is 13.6. The van der Waals surface area contributed by atoms with Crippen molar-refractivity contribution in [3.63, 3.8) is 0 Å². The van der Waals surface area contributed by atoms with Gasteiger partial charge in [-0.05, 0) is 35.9 Å². The molecule has 0 saturated carbocycles. The summed E-state index contributed by atoms with van der Waals surface area (Å²) in [5.74, 6) is -1.23. The highest BCUT2D eigenvalue weighted by atomic mass is 79.9. The zero-order valence-electron chi connectivity index (χ0n) is 20.0. The Balaban J connectivity index is 1.18. The molecule has 6 fully saturated rings. The summed E-state index contributed by atoms with van der Waals surface area (Å²) in [6.07, 6.45) is 3.01. The van der Waals surface area contributed by atoms with E-state index in [1.54, 1.807) is 12.1 Å². The minimum absolute atomic E-state index is 0.0993. The molecule has 6 aliphatic heterocycles. The van der Waals surface area contributed by atoms with E-state index in [4.69, 9.17) is 28.4 Å². The van der Waals surface area contributed by atoms with Crippen LogP contribution in [0.25, 0.3) is 0 Å². The van der Waals surface area contributed by atoms with Crippen molar-refractivity contribution in [1.29, 1.82) is 0 Å². The number of ether oxygens (including phenoxy) is 6. The Kier molecular flexibility index (Phi) is 6.81. The molecule has 6 heterocycles. The summed E-state index contributed by atoms with van der Waals surface area (Å²) >= 11 is 3.42. The Labute approximate surface area is 218 Å². The fourth-order valence-corrected chi connectivity index (χ4v) is 6.74. The molecule has 9 heteroatoms. The fourth-order valence-electron chi connectivity index (χ4n) is 6.38. The topological polar surface area (TPSA) is 89.5 Å². The second-order valence-corrected chi connectivity index (χ2v) is 11.5. The standard InChI is InChI=1S/C27H31BrO8/c1-15(28)13-18(32-26(30)16-5-3-2-4-6-16)9-11-27-14-20-22(35-27)23-24(34-20)25(36-27)21-19(33-23)8-7-17(31-21)10-12-29/h2-6,12,17-25H,1,7-11,13-14H2/t17-,18+,19+,20-,21+,22+,23+,24-,25+,27+/m1/s1. The molecular formula is C27H31BrO8. The summed E-state index contributed by atoms with van der Waals surface area (Å²) in [4.78, 5) is 23.8. The highest BCUT2D eigenvalue weighted by Gasteiger charge is 2.68. The maximum absolute atomic E-state index is 12.7. The van der Waals surface area contributed by atoms with Gasteiger partial charge >= 0.3 is 5.97 Å². The van der Waals surface area contributed by atoms with Gasteiger partial charge in [-0.15, -0.1) is 0 Å². The molecule has 36 heavy (non-hydrogen) atoms. The van der Waals surface area contributed by atoms with Crippen molar-refractivity contribution in [2.75, 3.05) is 0 Å². The zero-order valence-corrected chi connectivity index (χ0v) is 21.5. The van der Waals surface area contributed by atoms with Gasteiger partial charge < -0.3 is 33.2 Å². The van der Waals surface area contributed by atoms with Gasteiger partial charge in [0.25, 0.3) is 0 Å². The van der Waals surface area contributed by atoms with Crippen LogP contribution in [0.2, 0.25) is 0 Å². The van der Waals surface area contributed by atoms with Crippen molar-refractivity contribution < 1.29 is 38.0 Å². The number of carbonyl (C=O) groups excluding carboxylic acids is 2. The highest BCUT2D eigenvalue weighted by molar-refractivity contribution is 9.11. The molecule has 1 aromatic carbocycles. The monoisotopic (exact) mass is 562 g/mol. The Morgan fingerprint density at radius 1 is 1.06 bits per heavy atom. The maximum Gasteiger partial charge on any atom is 0.338 e. The van der Waals surface area contributed by atoms with Crippen molar-refractivity contribution in [3.05, 3.63) is 47.0 Å². The van der Waals surface area contributed by atoms with Crippen LogP contribution >= 0.6 is 15.9 Å². The molecule has 0 amide bonds. The zero-order chi connectivity index (χ0) is 24.9. The maximum atomic E-state index is 12.7. The van der Waals surface area contributed by atoms with E-state index in [1.807, 2.05) is 18.2 Å². The minimum Gasteiger partial charge on any atom is -0.458 e. The highest BCUT2D eigenvalue weighted by Crippen LogP contribution is 2.54. The van der Waals surface area contributed by atoms with Crippen molar-refractivity contribution in [3.8, 4) is 0 Å². The molecule has 0 unspecified atom stereocenters. The first kappa shape index (κ1) is 24.7. The summed E-state index contributed by atoms with van der Waals surface area (Å²) in [5.41, 5.74) is 0.509. The van der Waals surface area contributed by atoms with E-state index in [1.165, 1.54) is 0 Å². The second-order valence-electron chi connectivity index (χ2n) is 10.4. The van der Waals surface area contributed by atoms with Crippen molar-refractivity contribution in [1.82, 2.24) is 0 Å². The molecule has 0 aliphatic carbocycles. The van der Waals surface area contributed by atoms with E-state index in [0.29, 0.717) is 37.7 Å². The van der Waals surface area contributed by atoms with Crippen LogP contribution in [0.1, 0.15) is 55.3 Å². The number of fused-ring (bicyclic) bond motifs is 1. The van der Waals surface area contributed by atoms with Gasteiger partial charge in [0.05, 0.1) is 23.9 Å². The summed E-state index contributed by atoms with van der Waals surface area (Å²) in [5, 5.41) is 0. The van der Waals surface area contributed by atoms with Crippen LogP contribution < -0.4 is 0 Å². The van der Waals surface area contributed by atoms with E-state index in [0.717, 1.165) is 23.6 Å². The first-order valence-electron chi connectivity index (χ1n) is 12.8. The number of aldehydes is 1. The lowest BCUT2D eigenvalue weighted by Crippen LogP contribution is -2.61. The second kappa shape index (κ2) is 9.93. The van der Waals surface area contributed by atoms with Gasteiger partial charge in [-0.1, -0.05) is 40.7 Å². The smallest absolute Gasteiger partial charge is 0.338 e. The number of benzene rings is 1. The normalized spacial score (nSPS) is 40.8. The van der Waals surface area contributed by atoms with Crippen molar-refractivity contribution in [2.45, 2.75) is 106 Å². The number of rotatable bonds is 9.